The van der Waals surface area contributed by atoms with Crippen LogP contribution in [-0.2, 0) is 0 Å². The van der Waals surface area contributed by atoms with E-state index in [1.165, 1.54) is 0 Å². The van der Waals surface area contributed by atoms with Crippen LogP contribution in [0.3, 0.4) is 0 Å². The molecule has 0 aliphatic heterocycles. The molecule has 1 aliphatic carbocycles. The fourth-order valence-corrected chi connectivity index (χ4v) is 2.06. The van der Waals surface area contributed by atoms with Crippen LogP contribution in [0.4, 0.5) is 0 Å². The highest BCUT2D eigenvalue weighted by molar-refractivity contribution is 6.08. The predicted molar refractivity (Wildman–Crippen MR) is 66.5 cm³/mol. The number of rotatable bonds is 2. The Labute approximate surface area is 97.2 Å². The smallest absolute Gasteiger partial charge is 0.188 e. The van der Waals surface area contributed by atoms with Crippen LogP contribution in [-0.4, -0.2) is 5.78 Å². The van der Waals surface area contributed by atoms with Gasteiger partial charge in [0.05, 0.1) is 0 Å². The molecule has 2 rings (SSSR count). The van der Waals surface area contributed by atoms with Crippen molar-refractivity contribution in [2.75, 3.05) is 0 Å². The lowest BCUT2D eigenvalue weighted by Gasteiger charge is -2.28. The summed E-state index contributed by atoms with van der Waals surface area (Å²) in [5.41, 5.74) is 2.17. The first-order valence-electron chi connectivity index (χ1n) is 5.87. The van der Waals surface area contributed by atoms with Crippen molar-refractivity contribution in [1.29, 1.82) is 0 Å². The number of carbonyl (C=O) groups is 1. The van der Waals surface area contributed by atoms with Gasteiger partial charge in [0, 0.05) is 5.56 Å². The summed E-state index contributed by atoms with van der Waals surface area (Å²) in [4.78, 5) is 12.1. The van der Waals surface area contributed by atoms with Crippen molar-refractivity contribution in [2.45, 2.75) is 33.1 Å². The Hall–Kier alpha value is -1.37. The average molecular weight is 214 g/mol. The number of hydrogen-bond donors (Lipinski definition) is 0. The van der Waals surface area contributed by atoms with E-state index >= 15 is 0 Å². The topological polar surface area (TPSA) is 17.1 Å². The van der Waals surface area contributed by atoms with Crippen LogP contribution >= 0.6 is 0 Å². The maximum Gasteiger partial charge on any atom is 0.188 e. The first-order chi connectivity index (χ1) is 7.58. The first kappa shape index (κ1) is 11.1. The van der Waals surface area contributed by atoms with Crippen molar-refractivity contribution in [3.63, 3.8) is 0 Å². The van der Waals surface area contributed by atoms with Gasteiger partial charge < -0.3 is 0 Å². The Balaban J connectivity index is 2.16. The van der Waals surface area contributed by atoms with Gasteiger partial charge in [-0.1, -0.05) is 50.3 Å². The molecule has 1 nitrogen and oxygen atoms in total. The van der Waals surface area contributed by atoms with Gasteiger partial charge in [0.15, 0.2) is 5.78 Å². The minimum absolute atomic E-state index is 0.205. The van der Waals surface area contributed by atoms with Crippen LogP contribution in [0.15, 0.2) is 42.0 Å². The third kappa shape index (κ3) is 2.41. The van der Waals surface area contributed by atoms with Crippen LogP contribution in [0, 0.1) is 5.41 Å². The second kappa shape index (κ2) is 4.25. The molecule has 0 bridgehead atoms. The number of allylic oxidation sites excluding steroid dienone is 2. The maximum absolute atomic E-state index is 12.1. The summed E-state index contributed by atoms with van der Waals surface area (Å²) in [7, 11) is 0. The third-order valence-corrected chi connectivity index (χ3v) is 3.30. The van der Waals surface area contributed by atoms with E-state index < -0.39 is 0 Å². The second-order valence-corrected chi connectivity index (χ2v) is 5.29. The standard InChI is InChI=1S/C15H18O/c1-15(2)10-8-13(9-11-15)14(16)12-6-4-3-5-7-12/h3-8H,9-11H2,1-2H3. The van der Waals surface area contributed by atoms with E-state index in [1.54, 1.807) is 0 Å². The van der Waals surface area contributed by atoms with Gasteiger partial charge in [-0.15, -0.1) is 0 Å². The highest BCUT2D eigenvalue weighted by Gasteiger charge is 2.24. The summed E-state index contributed by atoms with van der Waals surface area (Å²) in [5, 5.41) is 0. The van der Waals surface area contributed by atoms with E-state index in [-0.39, 0.29) is 5.78 Å². The van der Waals surface area contributed by atoms with Gasteiger partial charge in [0.25, 0.3) is 0 Å². The summed E-state index contributed by atoms with van der Waals surface area (Å²) >= 11 is 0. The molecule has 1 aromatic carbocycles. The molecule has 0 unspecified atom stereocenters. The van der Waals surface area contributed by atoms with Crippen LogP contribution < -0.4 is 0 Å². The van der Waals surface area contributed by atoms with Gasteiger partial charge in [-0.2, -0.15) is 0 Å². The molecule has 1 heteroatoms. The molecule has 0 saturated heterocycles. The van der Waals surface area contributed by atoms with Crippen molar-refractivity contribution < 1.29 is 4.79 Å². The molecule has 0 heterocycles. The average Bonchev–Trinajstić information content (AvgIpc) is 2.29. The monoisotopic (exact) mass is 214 g/mol. The summed E-state index contributed by atoms with van der Waals surface area (Å²) in [6.45, 7) is 4.51. The second-order valence-electron chi connectivity index (χ2n) is 5.29. The minimum Gasteiger partial charge on any atom is -0.289 e. The predicted octanol–water partition coefficient (Wildman–Crippen LogP) is 4.01. The largest absolute Gasteiger partial charge is 0.289 e. The fourth-order valence-electron chi connectivity index (χ4n) is 2.06. The highest BCUT2D eigenvalue weighted by atomic mass is 16.1. The Morgan fingerprint density at radius 3 is 2.44 bits per heavy atom. The van der Waals surface area contributed by atoms with Gasteiger partial charge in [-0.3, -0.25) is 4.79 Å². The molecule has 0 saturated carbocycles. The number of ketones is 1. The molecule has 1 aromatic rings. The lowest BCUT2D eigenvalue weighted by Crippen LogP contribution is -2.17. The summed E-state index contributed by atoms with van der Waals surface area (Å²) in [6, 6.07) is 9.56. The molecule has 0 fully saturated rings. The molecule has 0 aromatic heterocycles. The Kier molecular flexibility index (Phi) is 2.95. The molecule has 0 atom stereocenters. The van der Waals surface area contributed by atoms with Crippen LogP contribution in [0.5, 0.6) is 0 Å². The van der Waals surface area contributed by atoms with E-state index in [2.05, 4.69) is 19.9 Å². The zero-order valence-corrected chi connectivity index (χ0v) is 9.99. The van der Waals surface area contributed by atoms with Gasteiger partial charge in [-0.05, 0) is 30.3 Å². The van der Waals surface area contributed by atoms with Crippen LogP contribution in [0.2, 0.25) is 0 Å². The minimum atomic E-state index is 0.205. The zero-order chi connectivity index (χ0) is 11.6. The van der Waals surface area contributed by atoms with E-state index in [4.69, 9.17) is 0 Å². The van der Waals surface area contributed by atoms with Crippen molar-refractivity contribution in [1.82, 2.24) is 0 Å². The Morgan fingerprint density at radius 2 is 1.88 bits per heavy atom. The zero-order valence-electron chi connectivity index (χ0n) is 9.99. The SMILES string of the molecule is CC1(C)CC=C(C(=O)c2ccccc2)CC1. The van der Waals surface area contributed by atoms with E-state index in [1.807, 2.05) is 30.3 Å². The van der Waals surface area contributed by atoms with Gasteiger partial charge in [-0.25, -0.2) is 0 Å². The molecule has 0 N–H and O–H groups in total. The normalized spacial score (nSPS) is 19.0. The van der Waals surface area contributed by atoms with E-state index in [9.17, 15) is 4.79 Å². The molecular weight excluding hydrogens is 196 g/mol. The molecule has 84 valence electrons. The van der Waals surface area contributed by atoms with Gasteiger partial charge in [0.2, 0.25) is 0 Å². The maximum atomic E-state index is 12.1. The lowest BCUT2D eigenvalue weighted by molar-refractivity contribution is 0.102. The number of carbonyl (C=O) groups excluding carboxylic acids is 1. The van der Waals surface area contributed by atoms with Gasteiger partial charge >= 0.3 is 0 Å². The van der Waals surface area contributed by atoms with Crippen LogP contribution in [0.1, 0.15) is 43.5 Å². The fraction of sp³-hybridized carbons (Fsp3) is 0.400. The molecular formula is C15H18O. The lowest BCUT2D eigenvalue weighted by atomic mass is 9.77. The quantitative estimate of drug-likeness (QED) is 0.680. The molecule has 16 heavy (non-hydrogen) atoms. The number of Topliss-reactive ketones (excluding diaryl/α,β-unsaturated/α-hetero) is 1. The number of benzene rings is 1. The Bertz CT molecular complexity index is 412. The third-order valence-electron chi connectivity index (χ3n) is 3.30. The first-order valence-corrected chi connectivity index (χ1v) is 5.87. The van der Waals surface area contributed by atoms with Crippen molar-refractivity contribution in [2.24, 2.45) is 5.41 Å². The molecule has 0 amide bonds. The molecule has 1 aliphatic rings. The van der Waals surface area contributed by atoms with Crippen molar-refractivity contribution in [3.8, 4) is 0 Å². The molecule has 0 spiro atoms. The summed E-state index contributed by atoms with van der Waals surface area (Å²) in [6.07, 6.45) is 5.16. The Morgan fingerprint density at radius 1 is 1.19 bits per heavy atom. The van der Waals surface area contributed by atoms with E-state index in [0.717, 1.165) is 30.4 Å². The van der Waals surface area contributed by atoms with E-state index in [0.29, 0.717) is 5.41 Å². The highest BCUT2D eigenvalue weighted by Crippen LogP contribution is 2.35. The summed E-state index contributed by atoms with van der Waals surface area (Å²) < 4.78 is 0. The van der Waals surface area contributed by atoms with Crippen molar-refractivity contribution >= 4 is 5.78 Å². The number of hydrogen-bond acceptors (Lipinski definition) is 1. The van der Waals surface area contributed by atoms with Crippen molar-refractivity contribution in [3.05, 3.63) is 47.5 Å². The van der Waals surface area contributed by atoms with Crippen LogP contribution in [0.25, 0.3) is 0 Å². The summed E-state index contributed by atoms with van der Waals surface area (Å²) in [5.74, 6) is 0.205. The molecule has 0 radical (unpaired) electrons. The van der Waals surface area contributed by atoms with Gasteiger partial charge in [0.1, 0.15) is 0 Å².